The molecule has 1 atom stereocenters. The highest BCUT2D eigenvalue weighted by Gasteiger charge is 2.31. The number of carbonyl (C=O) groups excluding carboxylic acids is 2. The molecule has 0 saturated carbocycles. The number of allylic oxidation sites excluding steroid dienone is 2. The van der Waals surface area contributed by atoms with E-state index in [0.29, 0.717) is 18.4 Å². The zero-order valence-corrected chi connectivity index (χ0v) is 11.3. The van der Waals surface area contributed by atoms with Crippen LogP contribution < -0.4 is 0 Å². The molecule has 1 aliphatic carbocycles. The average molecular weight is 258 g/mol. The van der Waals surface area contributed by atoms with Crippen LogP contribution in [0.3, 0.4) is 0 Å². The van der Waals surface area contributed by atoms with Crippen LogP contribution in [0.15, 0.2) is 35.4 Å². The maximum atomic E-state index is 12.0. The normalized spacial score (nSPS) is 19.1. The van der Waals surface area contributed by atoms with Crippen molar-refractivity contribution in [2.45, 2.75) is 39.0 Å². The van der Waals surface area contributed by atoms with Gasteiger partial charge in [0.15, 0.2) is 5.78 Å². The van der Waals surface area contributed by atoms with Gasteiger partial charge < -0.3 is 5.11 Å². The summed E-state index contributed by atoms with van der Waals surface area (Å²) in [4.78, 5) is 23.6. The molecule has 100 valence electrons. The maximum absolute atomic E-state index is 12.0. The Labute approximate surface area is 113 Å². The van der Waals surface area contributed by atoms with Gasteiger partial charge in [0.05, 0.1) is 0 Å². The third-order valence-electron chi connectivity index (χ3n) is 3.79. The Morgan fingerprint density at radius 2 is 1.95 bits per heavy atom. The molecule has 3 nitrogen and oxygen atoms in total. The molecule has 1 aliphatic rings. The van der Waals surface area contributed by atoms with Crippen molar-refractivity contribution >= 4 is 11.6 Å². The summed E-state index contributed by atoms with van der Waals surface area (Å²) in [5, 5.41) is 9.30. The Hall–Kier alpha value is -1.90. The van der Waals surface area contributed by atoms with E-state index in [1.54, 1.807) is 12.1 Å². The quantitative estimate of drug-likeness (QED) is 0.902. The molecule has 0 fully saturated rings. The fourth-order valence-corrected chi connectivity index (χ4v) is 2.53. The van der Waals surface area contributed by atoms with Crippen LogP contribution in [-0.4, -0.2) is 16.7 Å². The number of rotatable bonds is 4. The van der Waals surface area contributed by atoms with Gasteiger partial charge in [0.1, 0.15) is 11.5 Å². The standard InChI is InChI=1S/C16H18O3/c1-3-12(17)8-15-10(2)14(9-16(15)19)11-4-6-13(18)7-5-11/h4-7,14,18H,3,8-9H2,1-2H3. The van der Waals surface area contributed by atoms with Crippen LogP contribution in [-0.2, 0) is 9.59 Å². The van der Waals surface area contributed by atoms with Gasteiger partial charge in [0.25, 0.3) is 0 Å². The first-order chi connectivity index (χ1) is 9.02. The number of ketones is 2. The summed E-state index contributed by atoms with van der Waals surface area (Å²) >= 11 is 0. The molecule has 0 radical (unpaired) electrons. The molecule has 1 unspecified atom stereocenters. The number of carbonyl (C=O) groups is 2. The molecular formula is C16H18O3. The Balaban J connectivity index is 2.27. The third-order valence-corrected chi connectivity index (χ3v) is 3.79. The molecule has 0 spiro atoms. The van der Waals surface area contributed by atoms with Crippen LogP contribution in [0.4, 0.5) is 0 Å². The zero-order valence-electron chi connectivity index (χ0n) is 11.3. The summed E-state index contributed by atoms with van der Waals surface area (Å²) in [6.07, 6.45) is 1.16. The molecule has 1 aromatic rings. The number of Topliss-reactive ketones (excluding diaryl/α,β-unsaturated/α-hetero) is 2. The first-order valence-corrected chi connectivity index (χ1v) is 6.56. The molecule has 0 saturated heterocycles. The van der Waals surface area contributed by atoms with Gasteiger partial charge in [-0.2, -0.15) is 0 Å². The van der Waals surface area contributed by atoms with Crippen molar-refractivity contribution in [3.05, 3.63) is 41.0 Å². The summed E-state index contributed by atoms with van der Waals surface area (Å²) in [6, 6.07) is 6.92. The molecule has 0 bridgehead atoms. The summed E-state index contributed by atoms with van der Waals surface area (Å²) in [7, 11) is 0. The van der Waals surface area contributed by atoms with E-state index in [4.69, 9.17) is 0 Å². The van der Waals surface area contributed by atoms with E-state index in [0.717, 1.165) is 11.1 Å². The molecular weight excluding hydrogens is 240 g/mol. The minimum atomic E-state index is 0.0488. The lowest BCUT2D eigenvalue weighted by molar-refractivity contribution is -0.120. The average Bonchev–Trinajstić information content (AvgIpc) is 2.67. The molecule has 0 amide bonds. The predicted octanol–water partition coefficient (Wildman–Crippen LogP) is 3.13. The monoisotopic (exact) mass is 258 g/mol. The van der Waals surface area contributed by atoms with Crippen molar-refractivity contribution < 1.29 is 14.7 Å². The van der Waals surface area contributed by atoms with Gasteiger partial charge in [-0.15, -0.1) is 0 Å². The van der Waals surface area contributed by atoms with E-state index in [1.807, 2.05) is 26.0 Å². The predicted molar refractivity (Wildman–Crippen MR) is 73.1 cm³/mol. The van der Waals surface area contributed by atoms with Gasteiger partial charge in [-0.25, -0.2) is 0 Å². The molecule has 1 N–H and O–H groups in total. The van der Waals surface area contributed by atoms with Crippen LogP contribution in [0.1, 0.15) is 44.6 Å². The second-order valence-electron chi connectivity index (χ2n) is 5.00. The summed E-state index contributed by atoms with van der Waals surface area (Å²) in [5.41, 5.74) is 2.70. The largest absolute Gasteiger partial charge is 0.508 e. The van der Waals surface area contributed by atoms with Crippen LogP contribution >= 0.6 is 0 Å². The Kier molecular flexibility index (Phi) is 3.84. The highest BCUT2D eigenvalue weighted by Crippen LogP contribution is 2.38. The topological polar surface area (TPSA) is 54.4 Å². The van der Waals surface area contributed by atoms with Gasteiger partial charge in [-0.3, -0.25) is 9.59 Å². The SMILES string of the molecule is CCC(=O)CC1=C(C)C(c2ccc(O)cc2)CC1=O. The molecule has 3 heteroatoms. The molecule has 0 aliphatic heterocycles. The molecule has 0 heterocycles. The minimum absolute atomic E-state index is 0.0488. The minimum Gasteiger partial charge on any atom is -0.508 e. The summed E-state index contributed by atoms with van der Waals surface area (Å²) < 4.78 is 0. The van der Waals surface area contributed by atoms with E-state index in [2.05, 4.69) is 0 Å². The lowest BCUT2D eigenvalue weighted by Gasteiger charge is -2.11. The number of hydrogen-bond acceptors (Lipinski definition) is 3. The number of phenolic OH excluding ortho intramolecular Hbond substituents is 1. The Bertz CT molecular complexity index is 538. The van der Waals surface area contributed by atoms with Gasteiger partial charge in [0.2, 0.25) is 0 Å². The molecule has 19 heavy (non-hydrogen) atoms. The van der Waals surface area contributed by atoms with Crippen LogP contribution in [0.25, 0.3) is 0 Å². The Morgan fingerprint density at radius 1 is 1.32 bits per heavy atom. The van der Waals surface area contributed by atoms with Crippen molar-refractivity contribution in [3.63, 3.8) is 0 Å². The first-order valence-electron chi connectivity index (χ1n) is 6.56. The van der Waals surface area contributed by atoms with E-state index in [9.17, 15) is 14.7 Å². The van der Waals surface area contributed by atoms with Crippen LogP contribution in [0.2, 0.25) is 0 Å². The van der Waals surface area contributed by atoms with Gasteiger partial charge in [0, 0.05) is 30.8 Å². The van der Waals surface area contributed by atoms with Crippen LogP contribution in [0, 0.1) is 0 Å². The fourth-order valence-electron chi connectivity index (χ4n) is 2.53. The summed E-state index contributed by atoms with van der Waals surface area (Å²) in [5.74, 6) is 0.454. The van der Waals surface area contributed by atoms with Gasteiger partial charge in [-0.05, 0) is 24.6 Å². The van der Waals surface area contributed by atoms with Crippen molar-refractivity contribution in [3.8, 4) is 5.75 Å². The van der Waals surface area contributed by atoms with Crippen molar-refractivity contribution in [2.24, 2.45) is 0 Å². The van der Waals surface area contributed by atoms with E-state index < -0.39 is 0 Å². The second-order valence-corrected chi connectivity index (χ2v) is 5.00. The second kappa shape index (κ2) is 5.39. The van der Waals surface area contributed by atoms with E-state index in [1.165, 1.54) is 0 Å². The van der Waals surface area contributed by atoms with Crippen molar-refractivity contribution in [1.29, 1.82) is 0 Å². The Morgan fingerprint density at radius 3 is 2.53 bits per heavy atom. The summed E-state index contributed by atoms with van der Waals surface area (Å²) in [6.45, 7) is 3.75. The maximum Gasteiger partial charge on any atom is 0.160 e. The van der Waals surface area contributed by atoms with Crippen molar-refractivity contribution in [2.75, 3.05) is 0 Å². The van der Waals surface area contributed by atoms with Gasteiger partial charge >= 0.3 is 0 Å². The van der Waals surface area contributed by atoms with E-state index in [-0.39, 0.29) is 29.7 Å². The lowest BCUT2D eigenvalue weighted by atomic mass is 9.93. The smallest absolute Gasteiger partial charge is 0.160 e. The number of phenols is 1. The highest BCUT2D eigenvalue weighted by molar-refractivity contribution is 6.04. The molecule has 2 rings (SSSR count). The molecule has 1 aromatic carbocycles. The zero-order chi connectivity index (χ0) is 14.0. The van der Waals surface area contributed by atoms with Crippen LogP contribution in [0.5, 0.6) is 5.75 Å². The number of benzene rings is 1. The highest BCUT2D eigenvalue weighted by atomic mass is 16.3. The fraction of sp³-hybridized carbons (Fsp3) is 0.375. The third kappa shape index (κ3) is 2.75. The number of hydrogen-bond donors (Lipinski definition) is 1. The first kappa shape index (κ1) is 13.5. The van der Waals surface area contributed by atoms with Crippen molar-refractivity contribution in [1.82, 2.24) is 0 Å². The van der Waals surface area contributed by atoms with E-state index >= 15 is 0 Å². The number of aromatic hydroxyl groups is 1. The molecule has 0 aromatic heterocycles. The lowest BCUT2D eigenvalue weighted by Crippen LogP contribution is -2.03. The van der Waals surface area contributed by atoms with Gasteiger partial charge in [-0.1, -0.05) is 24.6 Å².